The molecule has 0 bridgehead atoms. The Morgan fingerprint density at radius 3 is 2.58 bits per heavy atom. The first-order valence-corrected chi connectivity index (χ1v) is 3.94. The molecule has 0 aromatic heterocycles. The largest absolute Gasteiger partial charge is 0.335 e. The van der Waals surface area contributed by atoms with Crippen molar-refractivity contribution in [2.24, 2.45) is 0 Å². The molecule has 1 aromatic carbocycles. The van der Waals surface area contributed by atoms with E-state index in [1.807, 2.05) is 30.3 Å². The Bertz CT molecular complexity index is 213. The second kappa shape index (κ2) is 5.14. The van der Waals surface area contributed by atoms with Gasteiger partial charge in [0.1, 0.15) is 0 Å². The van der Waals surface area contributed by atoms with Crippen molar-refractivity contribution in [3.63, 3.8) is 0 Å². The number of hydrogen-bond acceptors (Lipinski definition) is 2. The van der Waals surface area contributed by atoms with E-state index >= 15 is 0 Å². The predicted octanol–water partition coefficient (Wildman–Crippen LogP) is 2.54. The van der Waals surface area contributed by atoms with Gasteiger partial charge in [0.15, 0.2) is 0 Å². The number of ether oxygens (including phenoxy) is 2. The van der Waals surface area contributed by atoms with E-state index in [0.717, 1.165) is 5.56 Å². The van der Waals surface area contributed by atoms with Crippen LogP contribution in [0.1, 0.15) is 5.56 Å². The minimum atomic E-state index is 0.0684. The fraction of sp³-hybridized carbons (Fsp3) is 0.222. The fourth-order valence-corrected chi connectivity index (χ4v) is 0.828. The molecule has 0 aliphatic rings. The van der Waals surface area contributed by atoms with Crippen LogP contribution in [0.5, 0.6) is 0 Å². The highest BCUT2D eigenvalue weighted by Gasteiger charge is 2.03. The van der Waals surface area contributed by atoms with Crippen LogP contribution in [-0.2, 0) is 16.1 Å². The summed E-state index contributed by atoms with van der Waals surface area (Å²) in [5.74, 6) is 0.0684. The molecule has 0 N–H and O–H groups in total. The molecule has 0 saturated carbocycles. The molecular formula is C9H10ClO2. The zero-order valence-electron chi connectivity index (χ0n) is 6.79. The Kier molecular flexibility index (Phi) is 4.08. The summed E-state index contributed by atoms with van der Waals surface area (Å²) in [6.45, 7) is 0.438. The molecule has 2 nitrogen and oxygen atoms in total. The standard InChI is InChI=1S/C9H10ClO2/c1-11-9(10)12-7-8-5-3-2-4-6-8/h2-6H,7H2,1H3. The lowest BCUT2D eigenvalue weighted by Crippen LogP contribution is -1.98. The smallest absolute Gasteiger partial charge is 0.321 e. The summed E-state index contributed by atoms with van der Waals surface area (Å²) in [6.07, 6.45) is 0. The molecule has 1 radical (unpaired) electrons. The van der Waals surface area contributed by atoms with E-state index in [2.05, 4.69) is 4.74 Å². The van der Waals surface area contributed by atoms with Crippen molar-refractivity contribution in [2.75, 3.05) is 7.11 Å². The van der Waals surface area contributed by atoms with Crippen LogP contribution in [0, 0.1) is 5.75 Å². The maximum atomic E-state index is 5.49. The maximum absolute atomic E-state index is 5.49. The first-order valence-electron chi connectivity index (χ1n) is 3.56. The van der Waals surface area contributed by atoms with Crippen molar-refractivity contribution in [3.05, 3.63) is 41.6 Å². The molecule has 0 fully saturated rings. The minimum Gasteiger partial charge on any atom is -0.335 e. The average molecular weight is 186 g/mol. The van der Waals surface area contributed by atoms with Crippen LogP contribution < -0.4 is 0 Å². The molecule has 0 saturated heterocycles. The highest BCUT2D eigenvalue weighted by molar-refractivity contribution is 6.24. The molecule has 0 atom stereocenters. The van der Waals surface area contributed by atoms with Crippen LogP contribution in [0.3, 0.4) is 0 Å². The maximum Gasteiger partial charge on any atom is 0.321 e. The van der Waals surface area contributed by atoms with E-state index in [4.69, 9.17) is 16.3 Å². The SMILES string of the molecule is CO[C](Cl)OCc1ccccc1. The number of benzene rings is 1. The summed E-state index contributed by atoms with van der Waals surface area (Å²) in [5.41, 5.74) is 1.06. The quantitative estimate of drug-likeness (QED) is 0.718. The Labute approximate surface area is 77.1 Å². The molecule has 0 aliphatic carbocycles. The van der Waals surface area contributed by atoms with Crippen molar-refractivity contribution in [1.29, 1.82) is 0 Å². The van der Waals surface area contributed by atoms with Crippen LogP contribution >= 0.6 is 11.6 Å². The van der Waals surface area contributed by atoms with E-state index in [1.54, 1.807) is 0 Å². The van der Waals surface area contributed by atoms with Gasteiger partial charge < -0.3 is 9.47 Å². The average Bonchev–Trinajstić information content (AvgIpc) is 2.16. The molecule has 65 valence electrons. The van der Waals surface area contributed by atoms with Gasteiger partial charge in [0.2, 0.25) is 0 Å². The Balaban J connectivity index is 2.33. The molecule has 12 heavy (non-hydrogen) atoms. The second-order valence-corrected chi connectivity index (χ2v) is 2.52. The first kappa shape index (κ1) is 9.52. The van der Waals surface area contributed by atoms with Crippen LogP contribution in [0.2, 0.25) is 0 Å². The third kappa shape index (κ3) is 3.22. The molecule has 0 amide bonds. The van der Waals surface area contributed by atoms with Gasteiger partial charge in [0.25, 0.3) is 0 Å². The summed E-state index contributed by atoms with van der Waals surface area (Å²) in [6, 6.07) is 9.75. The summed E-state index contributed by atoms with van der Waals surface area (Å²) >= 11 is 5.49. The van der Waals surface area contributed by atoms with Gasteiger partial charge >= 0.3 is 5.75 Å². The van der Waals surface area contributed by atoms with E-state index in [1.165, 1.54) is 7.11 Å². The first-order chi connectivity index (χ1) is 5.83. The van der Waals surface area contributed by atoms with E-state index < -0.39 is 0 Å². The number of methoxy groups -OCH3 is 1. The summed E-state index contributed by atoms with van der Waals surface area (Å²) < 4.78 is 9.67. The molecule has 0 heterocycles. The molecule has 3 heteroatoms. The van der Waals surface area contributed by atoms with Crippen molar-refractivity contribution >= 4 is 11.6 Å². The Morgan fingerprint density at radius 1 is 1.33 bits per heavy atom. The van der Waals surface area contributed by atoms with Crippen LogP contribution in [-0.4, -0.2) is 7.11 Å². The fourth-order valence-electron chi connectivity index (χ4n) is 0.773. The van der Waals surface area contributed by atoms with Gasteiger partial charge in [-0.3, -0.25) is 0 Å². The van der Waals surface area contributed by atoms with E-state index in [0.29, 0.717) is 6.61 Å². The minimum absolute atomic E-state index is 0.0684. The number of hydrogen-bond donors (Lipinski definition) is 0. The third-order valence-electron chi connectivity index (χ3n) is 1.36. The lowest BCUT2D eigenvalue weighted by Gasteiger charge is -2.05. The normalized spacial score (nSPS) is 10.6. The zero-order valence-corrected chi connectivity index (χ0v) is 7.54. The molecule has 1 aromatic rings. The molecular weight excluding hydrogens is 176 g/mol. The van der Waals surface area contributed by atoms with Gasteiger partial charge in [-0.15, -0.1) is 0 Å². The van der Waals surface area contributed by atoms with Gasteiger partial charge in [0.05, 0.1) is 6.61 Å². The van der Waals surface area contributed by atoms with E-state index in [-0.39, 0.29) is 5.75 Å². The van der Waals surface area contributed by atoms with Gasteiger partial charge in [-0.2, -0.15) is 0 Å². The van der Waals surface area contributed by atoms with Crippen LogP contribution in [0.15, 0.2) is 30.3 Å². The summed E-state index contributed by atoms with van der Waals surface area (Å²) in [4.78, 5) is 0. The zero-order chi connectivity index (χ0) is 8.81. The van der Waals surface area contributed by atoms with E-state index in [9.17, 15) is 0 Å². The highest BCUT2D eigenvalue weighted by atomic mass is 35.5. The van der Waals surface area contributed by atoms with Gasteiger partial charge in [-0.05, 0) is 17.2 Å². The highest BCUT2D eigenvalue weighted by Crippen LogP contribution is 2.11. The Morgan fingerprint density at radius 2 is 2.00 bits per heavy atom. The van der Waals surface area contributed by atoms with Gasteiger partial charge in [0, 0.05) is 7.11 Å². The summed E-state index contributed by atoms with van der Waals surface area (Å²) in [7, 11) is 1.47. The van der Waals surface area contributed by atoms with Crippen molar-refractivity contribution in [2.45, 2.75) is 6.61 Å². The van der Waals surface area contributed by atoms with Crippen molar-refractivity contribution < 1.29 is 9.47 Å². The van der Waals surface area contributed by atoms with Crippen molar-refractivity contribution in [1.82, 2.24) is 0 Å². The Hall–Kier alpha value is -0.570. The molecule has 0 unspecified atom stereocenters. The van der Waals surface area contributed by atoms with Crippen molar-refractivity contribution in [3.8, 4) is 0 Å². The van der Waals surface area contributed by atoms with Crippen LogP contribution in [0.25, 0.3) is 0 Å². The topological polar surface area (TPSA) is 18.5 Å². The van der Waals surface area contributed by atoms with Crippen LogP contribution in [0.4, 0.5) is 0 Å². The van der Waals surface area contributed by atoms with Gasteiger partial charge in [-0.1, -0.05) is 30.3 Å². The molecule has 0 spiro atoms. The molecule has 0 aliphatic heterocycles. The van der Waals surface area contributed by atoms with Gasteiger partial charge in [-0.25, -0.2) is 0 Å². The lowest BCUT2D eigenvalue weighted by atomic mass is 10.2. The number of halogens is 1. The summed E-state index contributed by atoms with van der Waals surface area (Å²) in [5, 5.41) is 0. The second-order valence-electron chi connectivity index (χ2n) is 2.22. The predicted molar refractivity (Wildman–Crippen MR) is 47.3 cm³/mol. The lowest BCUT2D eigenvalue weighted by molar-refractivity contribution is 0.0132. The monoisotopic (exact) mass is 185 g/mol. The third-order valence-corrected chi connectivity index (χ3v) is 1.62. The molecule has 1 rings (SSSR count). The number of rotatable bonds is 4.